The molecule has 0 heterocycles. The van der Waals surface area contributed by atoms with Gasteiger partial charge in [0.1, 0.15) is 0 Å². The van der Waals surface area contributed by atoms with Gasteiger partial charge in [-0.05, 0) is 5.41 Å². The molecule has 1 unspecified atom stereocenters. The summed E-state index contributed by atoms with van der Waals surface area (Å²) in [6, 6.07) is 0. The molecule has 1 atom stereocenters. The van der Waals surface area contributed by atoms with Gasteiger partial charge in [0.25, 0.3) is 0 Å². The monoisotopic (exact) mass is 172 g/mol. The molecular weight excluding hydrogens is 152 g/mol. The first kappa shape index (κ1) is 11.4. The third kappa shape index (κ3) is 3.72. The lowest BCUT2D eigenvalue weighted by molar-refractivity contribution is -0.131. The van der Waals surface area contributed by atoms with E-state index in [2.05, 4.69) is 26.2 Å². The summed E-state index contributed by atoms with van der Waals surface area (Å²) in [5.74, 6) is 0.104. The van der Waals surface area contributed by atoms with Gasteiger partial charge in [0.15, 0.2) is 0 Å². The number of amides is 1. The van der Waals surface area contributed by atoms with Gasteiger partial charge in [-0.25, -0.2) is 5.01 Å². The fraction of sp³-hybridized carbons (Fsp3) is 0.889. The van der Waals surface area contributed by atoms with E-state index in [1.165, 1.54) is 0 Å². The lowest BCUT2D eigenvalue weighted by atomic mass is 9.82. The molecule has 3 heteroatoms. The summed E-state index contributed by atoms with van der Waals surface area (Å²) in [5, 5.41) is 1.67. The average molecular weight is 172 g/mol. The zero-order valence-electron chi connectivity index (χ0n) is 8.93. The molecule has 0 aliphatic heterocycles. The summed E-state index contributed by atoms with van der Waals surface area (Å²) in [5.41, 5.74) is 2.77. The number of nitrogens with one attached hydrogen (secondary N) is 1. The first-order chi connectivity index (χ1) is 5.25. The van der Waals surface area contributed by atoms with Crippen molar-refractivity contribution in [3.8, 4) is 0 Å². The van der Waals surface area contributed by atoms with E-state index < -0.39 is 0 Å². The molecule has 0 aromatic heterocycles. The van der Waals surface area contributed by atoms with Crippen molar-refractivity contribution in [3.63, 3.8) is 0 Å². The van der Waals surface area contributed by atoms with E-state index in [9.17, 15) is 4.79 Å². The quantitative estimate of drug-likeness (QED) is 0.636. The number of carbonyl (C=O) groups excluding carboxylic acids is 1. The summed E-state index contributed by atoms with van der Waals surface area (Å²) in [4.78, 5) is 11.4. The largest absolute Gasteiger partial charge is 0.289 e. The smallest absolute Gasteiger partial charge is 0.237 e. The molecule has 12 heavy (non-hydrogen) atoms. The van der Waals surface area contributed by atoms with E-state index >= 15 is 0 Å². The van der Waals surface area contributed by atoms with Crippen molar-refractivity contribution in [1.29, 1.82) is 0 Å². The number of hydrazine groups is 1. The van der Waals surface area contributed by atoms with Crippen molar-refractivity contribution in [3.05, 3.63) is 0 Å². The number of hydrogen-bond acceptors (Lipinski definition) is 2. The van der Waals surface area contributed by atoms with Crippen LogP contribution in [0.2, 0.25) is 0 Å². The topological polar surface area (TPSA) is 32.3 Å². The number of nitrogens with zero attached hydrogens (tertiary/aromatic N) is 1. The van der Waals surface area contributed by atoms with Crippen molar-refractivity contribution in [2.75, 3.05) is 14.1 Å². The van der Waals surface area contributed by atoms with Crippen LogP contribution in [0.3, 0.4) is 0 Å². The highest BCUT2D eigenvalue weighted by molar-refractivity contribution is 5.78. The maximum atomic E-state index is 11.4. The lowest BCUT2D eigenvalue weighted by Gasteiger charge is -2.27. The molecule has 1 N–H and O–H groups in total. The van der Waals surface area contributed by atoms with Crippen molar-refractivity contribution in [2.45, 2.75) is 27.7 Å². The summed E-state index contributed by atoms with van der Waals surface area (Å²) in [6.45, 7) is 8.13. The van der Waals surface area contributed by atoms with Crippen LogP contribution in [0.15, 0.2) is 0 Å². The van der Waals surface area contributed by atoms with Gasteiger partial charge in [-0.1, -0.05) is 27.7 Å². The van der Waals surface area contributed by atoms with Crippen LogP contribution in [0.25, 0.3) is 0 Å². The summed E-state index contributed by atoms with van der Waals surface area (Å²) >= 11 is 0. The molecule has 0 aromatic carbocycles. The minimum Gasteiger partial charge on any atom is -0.289 e. The highest BCUT2D eigenvalue weighted by Gasteiger charge is 2.26. The zero-order valence-corrected chi connectivity index (χ0v) is 8.93. The third-order valence-electron chi connectivity index (χ3n) is 2.03. The Morgan fingerprint density at radius 3 is 2.00 bits per heavy atom. The SMILES string of the molecule is CC(C(=O)NN(C)C)C(C)(C)C. The summed E-state index contributed by atoms with van der Waals surface area (Å²) in [6.07, 6.45) is 0. The molecule has 0 aliphatic carbocycles. The van der Waals surface area contributed by atoms with Crippen LogP contribution in [0, 0.1) is 11.3 Å². The Bertz CT molecular complexity index is 158. The molecule has 0 radical (unpaired) electrons. The van der Waals surface area contributed by atoms with Crippen LogP contribution in [-0.4, -0.2) is 25.0 Å². The van der Waals surface area contributed by atoms with Crippen LogP contribution in [0.5, 0.6) is 0 Å². The van der Waals surface area contributed by atoms with E-state index in [0.717, 1.165) is 0 Å². The van der Waals surface area contributed by atoms with Crippen LogP contribution < -0.4 is 5.43 Å². The van der Waals surface area contributed by atoms with E-state index in [1.54, 1.807) is 5.01 Å². The van der Waals surface area contributed by atoms with Crippen LogP contribution in [0.1, 0.15) is 27.7 Å². The molecule has 0 aliphatic rings. The van der Waals surface area contributed by atoms with Gasteiger partial charge in [-0.15, -0.1) is 0 Å². The fourth-order valence-electron chi connectivity index (χ4n) is 0.710. The van der Waals surface area contributed by atoms with E-state index in [4.69, 9.17) is 0 Å². The highest BCUT2D eigenvalue weighted by atomic mass is 16.2. The van der Waals surface area contributed by atoms with Crippen LogP contribution in [-0.2, 0) is 4.79 Å². The van der Waals surface area contributed by atoms with E-state index in [1.807, 2.05) is 21.0 Å². The van der Waals surface area contributed by atoms with Gasteiger partial charge < -0.3 is 0 Å². The van der Waals surface area contributed by atoms with Crippen molar-refractivity contribution < 1.29 is 4.79 Å². The first-order valence-electron chi connectivity index (χ1n) is 4.23. The van der Waals surface area contributed by atoms with Crippen LogP contribution >= 0.6 is 0 Å². The molecule has 0 spiro atoms. The van der Waals surface area contributed by atoms with Gasteiger partial charge in [-0.3, -0.25) is 10.2 Å². The van der Waals surface area contributed by atoms with E-state index in [0.29, 0.717) is 0 Å². The Balaban J connectivity index is 4.12. The summed E-state index contributed by atoms with van der Waals surface area (Å²) in [7, 11) is 3.63. The van der Waals surface area contributed by atoms with Crippen molar-refractivity contribution in [1.82, 2.24) is 10.4 Å². The van der Waals surface area contributed by atoms with E-state index in [-0.39, 0.29) is 17.2 Å². The molecule has 0 bridgehead atoms. The normalized spacial score (nSPS) is 14.6. The molecular formula is C9H20N2O. The molecule has 72 valence electrons. The molecule has 0 fully saturated rings. The third-order valence-corrected chi connectivity index (χ3v) is 2.03. The molecule has 0 rings (SSSR count). The molecule has 1 amide bonds. The molecule has 0 saturated carbocycles. The van der Waals surface area contributed by atoms with Crippen molar-refractivity contribution >= 4 is 5.91 Å². The number of hydrogen-bond donors (Lipinski definition) is 1. The Morgan fingerprint density at radius 2 is 1.75 bits per heavy atom. The van der Waals surface area contributed by atoms with Crippen LogP contribution in [0.4, 0.5) is 0 Å². The standard InChI is InChI=1S/C9H20N2O/c1-7(9(2,3)4)8(12)10-11(5)6/h7H,1-6H3,(H,10,12). The summed E-state index contributed by atoms with van der Waals surface area (Å²) < 4.78 is 0. The Kier molecular flexibility index (Phi) is 3.71. The van der Waals surface area contributed by atoms with Gasteiger partial charge in [0.05, 0.1) is 0 Å². The molecule has 3 nitrogen and oxygen atoms in total. The average Bonchev–Trinajstić information content (AvgIpc) is 1.82. The van der Waals surface area contributed by atoms with Gasteiger partial charge >= 0.3 is 0 Å². The maximum Gasteiger partial charge on any atom is 0.237 e. The predicted octanol–water partition coefficient (Wildman–Crippen LogP) is 1.26. The second kappa shape index (κ2) is 3.90. The minimum atomic E-state index is 0.0277. The Labute approximate surface area is 75.1 Å². The Hall–Kier alpha value is -0.570. The number of carbonyl (C=O) groups is 1. The van der Waals surface area contributed by atoms with Gasteiger partial charge in [0.2, 0.25) is 5.91 Å². The minimum absolute atomic E-state index is 0.0277. The molecule has 0 aromatic rings. The zero-order chi connectivity index (χ0) is 9.94. The number of rotatable bonds is 2. The second-order valence-electron chi connectivity index (χ2n) is 4.46. The van der Waals surface area contributed by atoms with Crippen molar-refractivity contribution in [2.24, 2.45) is 11.3 Å². The molecule has 0 saturated heterocycles. The fourth-order valence-corrected chi connectivity index (χ4v) is 0.710. The maximum absolute atomic E-state index is 11.4. The Morgan fingerprint density at radius 1 is 1.33 bits per heavy atom. The lowest BCUT2D eigenvalue weighted by Crippen LogP contribution is -2.43. The highest BCUT2D eigenvalue weighted by Crippen LogP contribution is 2.25. The first-order valence-corrected chi connectivity index (χ1v) is 4.23. The van der Waals surface area contributed by atoms with Gasteiger partial charge in [0, 0.05) is 20.0 Å². The van der Waals surface area contributed by atoms with Gasteiger partial charge in [-0.2, -0.15) is 0 Å². The predicted molar refractivity (Wildman–Crippen MR) is 50.4 cm³/mol. The second-order valence-corrected chi connectivity index (χ2v) is 4.46.